The van der Waals surface area contributed by atoms with Crippen molar-refractivity contribution in [2.45, 2.75) is 45.4 Å². The van der Waals surface area contributed by atoms with Crippen LogP contribution < -0.4 is 5.73 Å². The number of hydrogen-bond acceptors (Lipinski definition) is 2. The van der Waals surface area contributed by atoms with Crippen molar-refractivity contribution in [3.8, 4) is 0 Å². The summed E-state index contributed by atoms with van der Waals surface area (Å²) in [6, 6.07) is 0. The van der Waals surface area contributed by atoms with E-state index in [2.05, 4.69) is 16.8 Å². The van der Waals surface area contributed by atoms with Gasteiger partial charge in [-0.1, -0.05) is 19.8 Å². The van der Waals surface area contributed by atoms with Gasteiger partial charge in [-0.15, -0.1) is 0 Å². The van der Waals surface area contributed by atoms with Crippen LogP contribution in [0.1, 0.15) is 45.4 Å². The summed E-state index contributed by atoms with van der Waals surface area (Å²) in [5, 5.41) is 8.65. The lowest BCUT2D eigenvalue weighted by atomic mass is 10.00. The van der Waals surface area contributed by atoms with Crippen molar-refractivity contribution in [3.63, 3.8) is 0 Å². The van der Waals surface area contributed by atoms with E-state index in [0.717, 1.165) is 57.2 Å². The van der Waals surface area contributed by atoms with Gasteiger partial charge >= 0.3 is 0 Å². The molecular formula is C13H27N3O. The number of aliphatic hydroxyl groups is 1. The van der Waals surface area contributed by atoms with Gasteiger partial charge in [-0.2, -0.15) is 0 Å². The third-order valence-electron chi connectivity index (χ3n) is 3.45. The van der Waals surface area contributed by atoms with E-state index in [1.54, 1.807) is 0 Å². The minimum atomic E-state index is 0.303. The van der Waals surface area contributed by atoms with E-state index in [9.17, 15) is 0 Å². The fourth-order valence-corrected chi connectivity index (χ4v) is 2.11. The normalized spacial score (nSPS) is 18.7. The molecule has 0 aromatic heterocycles. The largest absolute Gasteiger partial charge is 0.396 e. The Bertz CT molecular complexity index is 223. The van der Waals surface area contributed by atoms with Gasteiger partial charge in [0.05, 0.1) is 0 Å². The molecule has 0 unspecified atom stereocenters. The van der Waals surface area contributed by atoms with Gasteiger partial charge in [0.2, 0.25) is 0 Å². The van der Waals surface area contributed by atoms with Crippen molar-refractivity contribution in [1.29, 1.82) is 0 Å². The van der Waals surface area contributed by atoms with Crippen LogP contribution in [0.4, 0.5) is 0 Å². The molecule has 4 nitrogen and oxygen atoms in total. The molecule has 0 aromatic carbocycles. The molecule has 1 aliphatic heterocycles. The first-order valence-corrected chi connectivity index (χ1v) is 6.89. The minimum Gasteiger partial charge on any atom is -0.396 e. The summed E-state index contributed by atoms with van der Waals surface area (Å²) in [5.41, 5.74) is 5.97. The lowest BCUT2D eigenvalue weighted by Crippen LogP contribution is -2.42. The number of likely N-dealkylation sites (tertiary alicyclic amines) is 1. The summed E-state index contributed by atoms with van der Waals surface area (Å²) in [4.78, 5) is 6.63. The first-order chi connectivity index (χ1) is 8.24. The third kappa shape index (κ3) is 5.91. The number of nitrogens with two attached hydrogens (primary N) is 1. The summed E-state index contributed by atoms with van der Waals surface area (Å²) < 4.78 is 0. The topological polar surface area (TPSA) is 61.8 Å². The number of guanidine groups is 1. The van der Waals surface area contributed by atoms with Crippen LogP contribution in [0.2, 0.25) is 0 Å². The molecule has 1 saturated heterocycles. The Kier molecular flexibility index (Phi) is 7.01. The van der Waals surface area contributed by atoms with E-state index >= 15 is 0 Å². The number of aliphatic hydroxyl groups excluding tert-OH is 1. The monoisotopic (exact) mass is 241 g/mol. The maximum Gasteiger partial charge on any atom is 0.191 e. The van der Waals surface area contributed by atoms with E-state index < -0.39 is 0 Å². The molecule has 0 spiro atoms. The van der Waals surface area contributed by atoms with Gasteiger partial charge in [0.1, 0.15) is 0 Å². The van der Waals surface area contributed by atoms with Crippen molar-refractivity contribution in [2.24, 2.45) is 16.6 Å². The number of unbranched alkanes of at least 4 members (excludes halogenated alkanes) is 3. The van der Waals surface area contributed by atoms with E-state index in [1.165, 1.54) is 12.8 Å². The van der Waals surface area contributed by atoms with Gasteiger partial charge in [0, 0.05) is 26.2 Å². The molecule has 100 valence electrons. The maximum atomic E-state index is 8.65. The van der Waals surface area contributed by atoms with Crippen molar-refractivity contribution >= 4 is 5.96 Å². The zero-order chi connectivity index (χ0) is 12.5. The zero-order valence-corrected chi connectivity index (χ0v) is 11.1. The van der Waals surface area contributed by atoms with E-state index in [4.69, 9.17) is 10.8 Å². The second kappa shape index (κ2) is 8.34. The van der Waals surface area contributed by atoms with Crippen LogP contribution in [0.15, 0.2) is 4.99 Å². The van der Waals surface area contributed by atoms with Gasteiger partial charge < -0.3 is 15.7 Å². The van der Waals surface area contributed by atoms with E-state index in [1.807, 2.05) is 0 Å². The van der Waals surface area contributed by atoms with Gasteiger partial charge in [0.25, 0.3) is 0 Å². The summed E-state index contributed by atoms with van der Waals surface area (Å²) in [7, 11) is 0. The molecule has 0 saturated carbocycles. The average Bonchev–Trinajstić information content (AvgIpc) is 2.34. The number of hydrogen-bond donors (Lipinski definition) is 2. The van der Waals surface area contributed by atoms with Crippen LogP contribution >= 0.6 is 0 Å². The summed E-state index contributed by atoms with van der Waals surface area (Å²) >= 11 is 0. The zero-order valence-electron chi connectivity index (χ0n) is 11.1. The number of aliphatic imine (C=N–C) groups is 1. The van der Waals surface area contributed by atoms with Gasteiger partial charge in [0.15, 0.2) is 5.96 Å². The highest BCUT2D eigenvalue weighted by Crippen LogP contribution is 2.15. The highest BCUT2D eigenvalue weighted by molar-refractivity contribution is 5.78. The Morgan fingerprint density at radius 1 is 1.24 bits per heavy atom. The molecule has 0 radical (unpaired) electrons. The summed E-state index contributed by atoms with van der Waals surface area (Å²) in [6.45, 7) is 5.54. The summed E-state index contributed by atoms with van der Waals surface area (Å²) in [5.74, 6) is 1.55. The van der Waals surface area contributed by atoms with Crippen molar-refractivity contribution in [1.82, 2.24) is 4.90 Å². The fraction of sp³-hybridized carbons (Fsp3) is 0.923. The van der Waals surface area contributed by atoms with Gasteiger partial charge in [-0.3, -0.25) is 4.99 Å². The molecule has 0 aromatic rings. The SMILES string of the molecule is CC1CCN(C(N)=NCCCCCCO)CC1. The molecule has 1 rings (SSSR count). The number of nitrogens with zero attached hydrogens (tertiary/aromatic N) is 2. The first kappa shape index (κ1) is 14.3. The van der Waals surface area contributed by atoms with Gasteiger partial charge in [-0.25, -0.2) is 0 Å². The Hall–Kier alpha value is -0.770. The Labute approximate surface area is 105 Å². The molecule has 0 aliphatic carbocycles. The Morgan fingerprint density at radius 2 is 1.88 bits per heavy atom. The lowest BCUT2D eigenvalue weighted by molar-refractivity contribution is 0.277. The lowest BCUT2D eigenvalue weighted by Gasteiger charge is -2.31. The van der Waals surface area contributed by atoms with Crippen molar-refractivity contribution in [3.05, 3.63) is 0 Å². The van der Waals surface area contributed by atoms with Crippen LogP contribution in [0.3, 0.4) is 0 Å². The predicted octanol–water partition coefficient (Wildman–Crippen LogP) is 1.59. The maximum absolute atomic E-state index is 8.65. The molecule has 1 heterocycles. The second-order valence-electron chi connectivity index (χ2n) is 5.05. The second-order valence-corrected chi connectivity index (χ2v) is 5.05. The Morgan fingerprint density at radius 3 is 2.53 bits per heavy atom. The molecule has 1 fully saturated rings. The van der Waals surface area contributed by atoms with Crippen molar-refractivity contribution in [2.75, 3.05) is 26.2 Å². The Balaban J connectivity index is 2.11. The fourth-order valence-electron chi connectivity index (χ4n) is 2.11. The highest BCUT2D eigenvalue weighted by Gasteiger charge is 2.16. The first-order valence-electron chi connectivity index (χ1n) is 6.89. The van der Waals surface area contributed by atoms with Gasteiger partial charge in [-0.05, 0) is 31.6 Å². The molecule has 0 atom stereocenters. The molecule has 4 heteroatoms. The smallest absolute Gasteiger partial charge is 0.191 e. The average molecular weight is 241 g/mol. The van der Waals surface area contributed by atoms with Crippen LogP contribution in [-0.4, -0.2) is 42.2 Å². The van der Waals surface area contributed by atoms with Crippen LogP contribution in [0.25, 0.3) is 0 Å². The molecule has 0 amide bonds. The van der Waals surface area contributed by atoms with E-state index in [0.29, 0.717) is 6.61 Å². The standard InChI is InChI=1S/C13H27N3O/c1-12-6-9-16(10-7-12)13(14)15-8-4-2-3-5-11-17/h12,17H,2-11H2,1H3,(H2,14,15). The number of piperidine rings is 1. The molecule has 17 heavy (non-hydrogen) atoms. The predicted molar refractivity (Wildman–Crippen MR) is 72.0 cm³/mol. The van der Waals surface area contributed by atoms with Crippen LogP contribution in [-0.2, 0) is 0 Å². The van der Waals surface area contributed by atoms with Crippen molar-refractivity contribution < 1.29 is 5.11 Å². The molecular weight excluding hydrogens is 214 g/mol. The van der Waals surface area contributed by atoms with Crippen LogP contribution in [0.5, 0.6) is 0 Å². The molecule has 1 aliphatic rings. The van der Waals surface area contributed by atoms with Crippen LogP contribution in [0, 0.1) is 5.92 Å². The highest BCUT2D eigenvalue weighted by atomic mass is 16.2. The number of rotatable bonds is 6. The summed E-state index contributed by atoms with van der Waals surface area (Å²) in [6.07, 6.45) is 6.66. The quantitative estimate of drug-likeness (QED) is 0.422. The van der Waals surface area contributed by atoms with E-state index in [-0.39, 0.29) is 0 Å². The molecule has 0 bridgehead atoms. The minimum absolute atomic E-state index is 0.303. The third-order valence-corrected chi connectivity index (χ3v) is 3.45. The molecule has 3 N–H and O–H groups in total.